The minimum absolute atomic E-state index is 0.0618. The van der Waals surface area contributed by atoms with Crippen LogP contribution in [0.2, 0.25) is 0 Å². The number of carboxylic acid groups (broad SMARTS) is 1. The summed E-state index contributed by atoms with van der Waals surface area (Å²) < 4.78 is 10.7. The Kier molecular flexibility index (Phi) is 4.60. The third-order valence-corrected chi connectivity index (χ3v) is 4.94. The number of carbonyl (C=O) groups excluding carboxylic acids is 2. The van der Waals surface area contributed by atoms with Crippen LogP contribution in [0, 0.1) is 0 Å². The van der Waals surface area contributed by atoms with Crippen molar-refractivity contribution in [1.82, 2.24) is 10.2 Å². The minimum Gasteiger partial charge on any atom is -0.477 e. The van der Waals surface area contributed by atoms with Gasteiger partial charge in [-0.05, 0) is 11.4 Å². The van der Waals surface area contributed by atoms with Crippen LogP contribution in [-0.2, 0) is 30.3 Å². The molecule has 0 bridgehead atoms. The number of thiophene rings is 1. The number of β-lactam (4-membered cyclic amide) rings is 1. The second-order valence-corrected chi connectivity index (χ2v) is 6.53. The zero-order valence-electron chi connectivity index (χ0n) is 13.2. The summed E-state index contributed by atoms with van der Waals surface area (Å²) in [5.74, 6) is -2.57. The first-order valence-corrected chi connectivity index (χ1v) is 8.22. The summed E-state index contributed by atoms with van der Waals surface area (Å²) >= 11 is 1.40. The molecule has 3 N–H and O–H groups in total. The fraction of sp³-hybridized carbons (Fsp3) is 0.400. The molecule has 2 aliphatic rings. The number of nitrogens with one attached hydrogen (secondary N) is 1. The lowest BCUT2D eigenvalue weighted by molar-refractivity contribution is -0.258. The Morgan fingerprint density at radius 2 is 2.32 bits per heavy atom. The monoisotopic (exact) mass is 368 g/mol. The highest BCUT2D eigenvalue weighted by Gasteiger charge is 2.67. The van der Waals surface area contributed by atoms with Gasteiger partial charge in [0.2, 0.25) is 5.91 Å². The molecule has 1 saturated heterocycles. The maximum Gasteiger partial charge on any atom is 0.352 e. The van der Waals surface area contributed by atoms with Gasteiger partial charge in [0.25, 0.3) is 11.6 Å². The molecule has 2 atom stereocenters. The lowest BCUT2D eigenvalue weighted by atomic mass is 9.94. The van der Waals surface area contributed by atoms with Crippen LogP contribution in [-0.4, -0.2) is 65.2 Å². The van der Waals surface area contributed by atoms with E-state index < -0.39 is 36.3 Å². The first-order valence-electron chi connectivity index (χ1n) is 7.34. The van der Waals surface area contributed by atoms with Crippen LogP contribution in [0.4, 0.5) is 0 Å². The number of amides is 2. The molecule has 0 spiro atoms. The van der Waals surface area contributed by atoms with Gasteiger partial charge in [-0.1, -0.05) is 6.07 Å². The zero-order chi connectivity index (χ0) is 18.2. The molecule has 1 aromatic rings. The Hall–Kier alpha value is -2.27. The number of fused-ring (bicyclic) bond motifs is 1. The summed E-state index contributed by atoms with van der Waals surface area (Å²) in [6.07, 6.45) is -1.05. The molecular formula is C15H16N2O7S. The molecule has 0 saturated carbocycles. The smallest absolute Gasteiger partial charge is 0.352 e. The molecule has 3 heterocycles. The molecule has 2 unspecified atom stereocenters. The van der Waals surface area contributed by atoms with E-state index in [9.17, 15) is 24.6 Å². The number of hydrogen-bond acceptors (Lipinski definition) is 7. The maximum atomic E-state index is 12.6. The largest absolute Gasteiger partial charge is 0.477 e. The van der Waals surface area contributed by atoms with Gasteiger partial charge < -0.3 is 25.0 Å². The van der Waals surface area contributed by atoms with Crippen molar-refractivity contribution in [3.05, 3.63) is 33.7 Å². The molecule has 10 heteroatoms. The van der Waals surface area contributed by atoms with Crippen molar-refractivity contribution in [2.75, 3.05) is 20.3 Å². The van der Waals surface area contributed by atoms with Crippen LogP contribution in [0.25, 0.3) is 0 Å². The molecule has 1 fully saturated rings. The number of hydrogen-bond donors (Lipinski definition) is 3. The third-order valence-electron chi connectivity index (χ3n) is 4.07. The van der Waals surface area contributed by atoms with Crippen molar-refractivity contribution >= 4 is 29.1 Å². The quantitative estimate of drug-likeness (QED) is 0.447. The maximum absolute atomic E-state index is 12.6. The summed E-state index contributed by atoms with van der Waals surface area (Å²) in [7, 11) is 1.23. The van der Waals surface area contributed by atoms with E-state index in [1.165, 1.54) is 18.4 Å². The molecule has 3 rings (SSSR count). The molecule has 0 aromatic carbocycles. The van der Waals surface area contributed by atoms with Crippen LogP contribution in [0.1, 0.15) is 4.88 Å². The van der Waals surface area contributed by atoms with Crippen molar-refractivity contribution in [3.8, 4) is 0 Å². The highest BCUT2D eigenvalue weighted by atomic mass is 32.1. The highest BCUT2D eigenvalue weighted by Crippen LogP contribution is 2.40. The summed E-state index contributed by atoms with van der Waals surface area (Å²) in [6, 6.07) is 3.59. The lowest BCUT2D eigenvalue weighted by Gasteiger charge is -2.55. The van der Waals surface area contributed by atoms with Gasteiger partial charge >= 0.3 is 5.97 Å². The van der Waals surface area contributed by atoms with Crippen molar-refractivity contribution in [2.45, 2.75) is 18.4 Å². The summed E-state index contributed by atoms with van der Waals surface area (Å²) in [5, 5.41) is 22.9. The average Bonchev–Trinajstić information content (AvgIpc) is 3.10. The summed E-state index contributed by atoms with van der Waals surface area (Å²) in [5.41, 5.74) is -2.05. The third kappa shape index (κ3) is 2.72. The van der Waals surface area contributed by atoms with Gasteiger partial charge in [0.1, 0.15) is 5.70 Å². The SMILES string of the molecule is COC1(NC(=O)Cc2cccs2)C(=O)N2C(C(=O)O)=C(CO)COC21. The van der Waals surface area contributed by atoms with E-state index >= 15 is 0 Å². The molecule has 134 valence electrons. The predicted octanol–water partition coefficient (Wildman–Crippen LogP) is -0.721. The highest BCUT2D eigenvalue weighted by molar-refractivity contribution is 7.10. The van der Waals surface area contributed by atoms with Gasteiger partial charge in [-0.15, -0.1) is 11.3 Å². The van der Waals surface area contributed by atoms with Crippen LogP contribution < -0.4 is 5.32 Å². The van der Waals surface area contributed by atoms with E-state index in [0.29, 0.717) is 0 Å². The molecule has 1 aromatic heterocycles. The van der Waals surface area contributed by atoms with E-state index in [1.807, 2.05) is 5.38 Å². The van der Waals surface area contributed by atoms with Gasteiger partial charge in [-0.25, -0.2) is 4.79 Å². The number of carbonyl (C=O) groups is 3. The zero-order valence-corrected chi connectivity index (χ0v) is 14.0. The second-order valence-electron chi connectivity index (χ2n) is 5.50. The number of methoxy groups -OCH3 is 1. The van der Waals surface area contributed by atoms with Crippen LogP contribution >= 0.6 is 11.3 Å². The predicted molar refractivity (Wildman–Crippen MR) is 84.2 cm³/mol. The Balaban J connectivity index is 1.82. The fourth-order valence-corrected chi connectivity index (χ4v) is 3.59. The summed E-state index contributed by atoms with van der Waals surface area (Å²) in [4.78, 5) is 38.0. The molecule has 0 aliphatic carbocycles. The average molecular weight is 368 g/mol. The summed E-state index contributed by atoms with van der Waals surface area (Å²) in [6.45, 7) is -0.735. The van der Waals surface area contributed by atoms with Crippen LogP contribution in [0.5, 0.6) is 0 Å². The molecule has 2 amide bonds. The van der Waals surface area contributed by atoms with Crippen LogP contribution in [0.15, 0.2) is 28.8 Å². The van der Waals surface area contributed by atoms with Gasteiger partial charge in [-0.3, -0.25) is 14.5 Å². The van der Waals surface area contributed by atoms with Crippen molar-refractivity contribution in [3.63, 3.8) is 0 Å². The number of carboxylic acids is 1. The Morgan fingerprint density at radius 1 is 1.56 bits per heavy atom. The number of rotatable bonds is 6. The standard InChI is InChI=1S/C15H16N2O7S/c1-23-15(16-10(19)5-9-3-2-4-25-9)13(22)17-11(12(20)21)8(6-18)7-24-14(15)17/h2-4,14,18H,5-7H2,1H3,(H,16,19)(H,20,21). The van der Waals surface area contributed by atoms with E-state index in [1.54, 1.807) is 12.1 Å². The Morgan fingerprint density at radius 3 is 2.88 bits per heavy atom. The number of aliphatic hydroxyl groups is 1. The number of ether oxygens (including phenoxy) is 2. The lowest BCUT2D eigenvalue weighted by Crippen LogP contribution is -2.82. The van der Waals surface area contributed by atoms with Gasteiger partial charge in [0.15, 0.2) is 6.23 Å². The van der Waals surface area contributed by atoms with Gasteiger partial charge in [0.05, 0.1) is 19.6 Å². The van der Waals surface area contributed by atoms with Gasteiger partial charge in [-0.2, -0.15) is 0 Å². The van der Waals surface area contributed by atoms with Crippen molar-refractivity contribution in [2.24, 2.45) is 0 Å². The number of aliphatic carboxylic acids is 1. The minimum atomic E-state index is -1.78. The van der Waals surface area contributed by atoms with E-state index in [2.05, 4.69) is 5.32 Å². The van der Waals surface area contributed by atoms with Crippen molar-refractivity contribution < 1.29 is 34.1 Å². The van der Waals surface area contributed by atoms with Gasteiger partial charge in [0, 0.05) is 17.6 Å². The molecule has 2 aliphatic heterocycles. The molecular weight excluding hydrogens is 352 g/mol. The first kappa shape index (κ1) is 17.5. The van der Waals surface area contributed by atoms with Crippen molar-refractivity contribution in [1.29, 1.82) is 0 Å². The van der Waals surface area contributed by atoms with E-state index in [-0.39, 0.29) is 24.3 Å². The number of aliphatic hydroxyl groups excluding tert-OH is 1. The molecule has 25 heavy (non-hydrogen) atoms. The normalized spacial score (nSPS) is 25.4. The molecule has 9 nitrogen and oxygen atoms in total. The Bertz CT molecular complexity index is 745. The van der Waals surface area contributed by atoms with Crippen LogP contribution in [0.3, 0.4) is 0 Å². The first-order chi connectivity index (χ1) is 11.9. The number of nitrogens with zero attached hydrogens (tertiary/aromatic N) is 1. The van der Waals surface area contributed by atoms with E-state index in [0.717, 1.165) is 9.78 Å². The van der Waals surface area contributed by atoms with E-state index in [4.69, 9.17) is 9.47 Å². The topological polar surface area (TPSA) is 125 Å². The Labute approximate surface area is 146 Å². The second kappa shape index (κ2) is 6.56. The molecule has 0 radical (unpaired) electrons. The fourth-order valence-electron chi connectivity index (χ4n) is 2.89.